The number of hydrogen-bond acceptors (Lipinski definition) is 10. The minimum absolute atomic E-state index is 0.0660. The number of anilines is 1. The molecule has 0 saturated carbocycles. The average Bonchev–Trinajstić information content (AvgIpc) is 3.87. The molecule has 288 valence electrons. The summed E-state index contributed by atoms with van der Waals surface area (Å²) in [6.07, 6.45) is 10.2. The van der Waals surface area contributed by atoms with Crippen LogP contribution < -0.4 is 16.0 Å². The zero-order chi connectivity index (χ0) is 38.4. The number of fused-ring (bicyclic) bond motifs is 2. The first kappa shape index (κ1) is 39.1. The summed E-state index contributed by atoms with van der Waals surface area (Å²) in [6, 6.07) is 37.0. The molecule has 0 bridgehead atoms. The van der Waals surface area contributed by atoms with Gasteiger partial charge in [-0.2, -0.15) is 0 Å². The molecule has 0 aliphatic rings. The summed E-state index contributed by atoms with van der Waals surface area (Å²) in [4.78, 5) is 13.9. The standard InChI is InChI=1S/C46H50N6O2S2/c53-41-30-40(50-28-12-4-2-10-26-48-32-34-19-23-36(24-20-34)46-52-38-14-6-8-16-44(38)56-46)42(54)29-39(41)49-27-11-3-1-9-25-47-31-33-17-21-35(22-18-33)45-51-37-13-5-7-15-43(37)55-45/h5-8,13-24,27,29-30,47-48,50,53-54H,1-4,9-12,25-26,28,31-32H2. The molecule has 8 nitrogen and oxygen atoms in total. The molecule has 0 amide bonds. The molecule has 0 aliphatic heterocycles. The number of para-hydroxylation sites is 2. The Kier molecular flexibility index (Phi) is 14.1. The van der Waals surface area contributed by atoms with Gasteiger partial charge >= 0.3 is 0 Å². The molecule has 56 heavy (non-hydrogen) atoms. The topological polar surface area (TPSA) is 115 Å². The third kappa shape index (κ3) is 11.0. The summed E-state index contributed by atoms with van der Waals surface area (Å²) < 4.78 is 2.43. The largest absolute Gasteiger partial charge is 0.506 e. The smallest absolute Gasteiger partial charge is 0.143 e. The third-order valence-corrected chi connectivity index (χ3v) is 11.9. The molecule has 2 aromatic heterocycles. The van der Waals surface area contributed by atoms with Crippen molar-refractivity contribution >= 4 is 60.7 Å². The normalized spacial score (nSPS) is 11.6. The lowest BCUT2D eigenvalue weighted by atomic mass is 10.1. The summed E-state index contributed by atoms with van der Waals surface area (Å²) >= 11 is 3.46. The Morgan fingerprint density at radius 3 is 1.62 bits per heavy atom. The van der Waals surface area contributed by atoms with Crippen LogP contribution in [0, 0.1) is 0 Å². The van der Waals surface area contributed by atoms with E-state index in [4.69, 9.17) is 9.97 Å². The average molecular weight is 783 g/mol. The van der Waals surface area contributed by atoms with Crippen LogP contribution in [0.1, 0.15) is 62.5 Å². The molecule has 0 fully saturated rings. The number of rotatable bonds is 21. The van der Waals surface area contributed by atoms with Gasteiger partial charge in [-0.05, 0) is 80.6 Å². The van der Waals surface area contributed by atoms with Crippen LogP contribution in [0.5, 0.6) is 11.5 Å². The van der Waals surface area contributed by atoms with Gasteiger partial charge in [-0.15, -0.1) is 22.7 Å². The van der Waals surface area contributed by atoms with E-state index < -0.39 is 0 Å². The lowest BCUT2D eigenvalue weighted by Crippen LogP contribution is -2.14. The molecule has 0 atom stereocenters. The van der Waals surface area contributed by atoms with Crippen LogP contribution in [-0.4, -0.2) is 46.0 Å². The van der Waals surface area contributed by atoms with Crippen molar-refractivity contribution in [2.24, 2.45) is 4.99 Å². The number of thiazole rings is 2. The van der Waals surface area contributed by atoms with Crippen molar-refractivity contribution in [1.29, 1.82) is 0 Å². The van der Waals surface area contributed by atoms with Crippen molar-refractivity contribution in [3.05, 3.63) is 120 Å². The maximum absolute atomic E-state index is 10.5. The molecule has 0 spiro atoms. The fourth-order valence-corrected chi connectivity index (χ4v) is 8.52. The minimum Gasteiger partial charge on any atom is -0.506 e. The summed E-state index contributed by atoms with van der Waals surface area (Å²) in [6.45, 7) is 4.37. The van der Waals surface area contributed by atoms with E-state index >= 15 is 0 Å². The third-order valence-electron chi connectivity index (χ3n) is 9.75. The lowest BCUT2D eigenvalue weighted by molar-refractivity contribution is 0.463. The van der Waals surface area contributed by atoms with Crippen molar-refractivity contribution in [3.63, 3.8) is 0 Å². The van der Waals surface area contributed by atoms with Gasteiger partial charge in [0.2, 0.25) is 0 Å². The Morgan fingerprint density at radius 2 is 1.07 bits per heavy atom. The number of aromatic nitrogens is 2. The number of phenolic OH excluding ortho intramolecular Hbond substituents is 2. The molecule has 0 aliphatic carbocycles. The fraction of sp³-hybridized carbons (Fsp3) is 0.283. The van der Waals surface area contributed by atoms with E-state index in [-0.39, 0.29) is 11.5 Å². The Labute approximate surface area is 337 Å². The molecule has 5 aromatic carbocycles. The second-order valence-corrected chi connectivity index (χ2v) is 16.1. The highest BCUT2D eigenvalue weighted by molar-refractivity contribution is 7.22. The van der Waals surface area contributed by atoms with Gasteiger partial charge in [0.1, 0.15) is 27.2 Å². The van der Waals surface area contributed by atoms with Crippen molar-refractivity contribution < 1.29 is 10.2 Å². The van der Waals surface area contributed by atoms with E-state index in [1.165, 1.54) is 26.6 Å². The van der Waals surface area contributed by atoms with Gasteiger partial charge in [0, 0.05) is 49.1 Å². The van der Waals surface area contributed by atoms with E-state index in [2.05, 4.69) is 106 Å². The predicted molar refractivity (Wildman–Crippen MR) is 237 cm³/mol. The Bertz CT molecular complexity index is 2250. The molecule has 0 unspecified atom stereocenters. The van der Waals surface area contributed by atoms with Crippen molar-refractivity contribution in [1.82, 2.24) is 20.6 Å². The first-order chi connectivity index (χ1) is 27.6. The highest BCUT2D eigenvalue weighted by Gasteiger charge is 2.09. The number of aromatic hydroxyl groups is 2. The second kappa shape index (κ2) is 20.2. The van der Waals surface area contributed by atoms with Crippen LogP contribution in [0.3, 0.4) is 0 Å². The first-order valence-corrected chi connectivity index (χ1v) is 21.4. The number of nitrogens with zero attached hydrogens (tertiary/aromatic N) is 3. The van der Waals surface area contributed by atoms with Gasteiger partial charge < -0.3 is 26.2 Å². The van der Waals surface area contributed by atoms with Gasteiger partial charge in [0.05, 0.1) is 26.1 Å². The highest BCUT2D eigenvalue weighted by atomic mass is 32.1. The lowest BCUT2D eigenvalue weighted by Gasteiger charge is -2.10. The summed E-state index contributed by atoms with van der Waals surface area (Å²) in [5.41, 5.74) is 7.89. The van der Waals surface area contributed by atoms with Crippen molar-refractivity contribution in [3.8, 4) is 32.6 Å². The number of benzene rings is 5. The number of aliphatic imine (C=N–C) groups is 1. The van der Waals surface area contributed by atoms with Crippen LogP contribution in [0.4, 0.5) is 11.4 Å². The zero-order valence-electron chi connectivity index (χ0n) is 31.7. The number of hydrogen-bond donors (Lipinski definition) is 5. The maximum atomic E-state index is 10.5. The molecule has 0 saturated heterocycles. The number of unbranched alkanes of at least 4 members (excludes halogenated alkanes) is 6. The summed E-state index contributed by atoms with van der Waals surface area (Å²) in [5, 5.41) is 33.6. The quantitative estimate of drug-likeness (QED) is 0.0213. The van der Waals surface area contributed by atoms with E-state index in [1.54, 1.807) is 28.7 Å². The van der Waals surface area contributed by atoms with Crippen LogP contribution in [-0.2, 0) is 13.1 Å². The summed E-state index contributed by atoms with van der Waals surface area (Å²) in [5.74, 6) is 0.168. The molecular formula is C46H50N6O2S2. The van der Waals surface area contributed by atoms with E-state index in [0.717, 1.165) is 116 Å². The van der Waals surface area contributed by atoms with Crippen LogP contribution >= 0.6 is 22.7 Å². The summed E-state index contributed by atoms with van der Waals surface area (Å²) in [7, 11) is 0. The van der Waals surface area contributed by atoms with Gasteiger partial charge in [-0.1, -0.05) is 92.1 Å². The molecule has 7 aromatic rings. The molecular weight excluding hydrogens is 733 g/mol. The monoisotopic (exact) mass is 782 g/mol. The van der Waals surface area contributed by atoms with Crippen molar-refractivity contribution in [2.75, 3.05) is 25.0 Å². The Morgan fingerprint density at radius 1 is 0.554 bits per heavy atom. The van der Waals surface area contributed by atoms with Gasteiger partial charge in [-0.3, -0.25) is 4.99 Å². The zero-order valence-corrected chi connectivity index (χ0v) is 33.3. The Hall–Kier alpha value is -5.13. The van der Waals surface area contributed by atoms with Crippen molar-refractivity contribution in [2.45, 2.75) is 64.5 Å². The van der Waals surface area contributed by atoms with E-state index in [0.29, 0.717) is 11.4 Å². The fourth-order valence-electron chi connectivity index (χ4n) is 6.57. The molecule has 7 rings (SSSR count). The number of nitrogens with one attached hydrogen (secondary N) is 3. The Balaban J connectivity index is 0.705. The molecule has 5 N–H and O–H groups in total. The van der Waals surface area contributed by atoms with Gasteiger partial charge in [0.15, 0.2) is 0 Å². The second-order valence-electron chi connectivity index (χ2n) is 14.1. The predicted octanol–water partition coefficient (Wildman–Crippen LogP) is 11.5. The molecule has 10 heteroatoms. The van der Waals surface area contributed by atoms with E-state index in [1.807, 2.05) is 18.3 Å². The van der Waals surface area contributed by atoms with Crippen LogP contribution in [0.2, 0.25) is 0 Å². The highest BCUT2D eigenvalue weighted by Crippen LogP contribution is 2.37. The number of phenols is 2. The van der Waals surface area contributed by atoms with Crippen LogP contribution in [0.15, 0.2) is 114 Å². The minimum atomic E-state index is 0.0660. The molecule has 2 heterocycles. The maximum Gasteiger partial charge on any atom is 0.143 e. The van der Waals surface area contributed by atoms with Crippen LogP contribution in [0.25, 0.3) is 41.6 Å². The van der Waals surface area contributed by atoms with Gasteiger partial charge in [-0.25, -0.2) is 9.97 Å². The first-order valence-electron chi connectivity index (χ1n) is 19.7. The molecule has 0 radical (unpaired) electrons. The van der Waals surface area contributed by atoms with E-state index in [9.17, 15) is 10.2 Å². The SMILES string of the molecule is Oc1cc(NCCCCCCNCc2ccc(-c3nc4ccccc4s3)cc2)c(O)cc1N=CCCCCCNCc1ccc(-c2nc3ccccc3s2)cc1. The van der Waals surface area contributed by atoms with Gasteiger partial charge in [0.25, 0.3) is 0 Å².